The summed E-state index contributed by atoms with van der Waals surface area (Å²) < 4.78 is 8.35. The molecular formula is C11H16N5O5+. The van der Waals surface area contributed by atoms with Crippen LogP contribution in [-0.2, 0) is 11.8 Å². The normalized spacial score (nSPS) is 29.3. The van der Waals surface area contributed by atoms with Crippen molar-refractivity contribution in [2.24, 2.45) is 7.05 Å². The Balaban J connectivity index is 2.16. The molecule has 0 aliphatic carbocycles. The number of aliphatic hydroxyl groups is 3. The lowest BCUT2D eigenvalue weighted by atomic mass is 10.1. The topological polar surface area (TPSA) is 150 Å². The highest BCUT2D eigenvalue weighted by Crippen LogP contribution is 2.26. The first-order valence-corrected chi connectivity index (χ1v) is 6.32. The Kier molecular flexibility index (Phi) is 3.17. The van der Waals surface area contributed by atoms with E-state index >= 15 is 0 Å². The quantitative estimate of drug-likeness (QED) is 0.365. The molecule has 0 radical (unpaired) electrons. The van der Waals surface area contributed by atoms with E-state index in [0.29, 0.717) is 0 Å². The fraction of sp³-hybridized carbons (Fsp3) is 0.545. The zero-order chi connectivity index (χ0) is 15.3. The monoisotopic (exact) mass is 298 g/mol. The van der Waals surface area contributed by atoms with Crippen molar-refractivity contribution in [1.29, 1.82) is 0 Å². The average Bonchev–Trinajstić information content (AvgIpc) is 2.89. The number of nitrogens with zero attached hydrogens (tertiary/aromatic N) is 3. The van der Waals surface area contributed by atoms with Gasteiger partial charge in [-0.1, -0.05) is 4.98 Å². The van der Waals surface area contributed by atoms with Crippen LogP contribution in [0.5, 0.6) is 0 Å². The molecule has 1 unspecified atom stereocenters. The Hall–Kier alpha value is -2.01. The van der Waals surface area contributed by atoms with Gasteiger partial charge in [0.1, 0.15) is 18.3 Å². The van der Waals surface area contributed by atoms with Gasteiger partial charge in [-0.2, -0.15) is 0 Å². The van der Waals surface area contributed by atoms with Gasteiger partial charge >= 0.3 is 5.65 Å². The van der Waals surface area contributed by atoms with Crippen LogP contribution < -0.4 is 15.9 Å². The minimum absolute atomic E-state index is 0.0702. The molecule has 2 aromatic heterocycles. The number of aliphatic hydroxyl groups excluding tert-OH is 3. The van der Waals surface area contributed by atoms with Crippen LogP contribution in [0, 0.1) is 0 Å². The van der Waals surface area contributed by atoms with E-state index in [2.05, 4.69) is 9.97 Å². The van der Waals surface area contributed by atoms with Crippen molar-refractivity contribution in [2.45, 2.75) is 24.5 Å². The van der Waals surface area contributed by atoms with Crippen LogP contribution >= 0.6 is 0 Å². The highest BCUT2D eigenvalue weighted by Gasteiger charge is 2.46. The predicted molar refractivity (Wildman–Crippen MR) is 69.0 cm³/mol. The number of aromatic amines is 1. The summed E-state index contributed by atoms with van der Waals surface area (Å²) in [6.07, 6.45) is -2.88. The van der Waals surface area contributed by atoms with E-state index < -0.39 is 36.7 Å². The minimum Gasteiger partial charge on any atom is -0.394 e. The number of aryl methyl sites for hydroxylation is 1. The first-order chi connectivity index (χ1) is 9.93. The molecule has 3 heterocycles. The van der Waals surface area contributed by atoms with Crippen molar-refractivity contribution in [3.05, 3.63) is 16.7 Å². The first-order valence-electron chi connectivity index (χ1n) is 6.32. The van der Waals surface area contributed by atoms with Gasteiger partial charge in [-0.05, 0) is 0 Å². The van der Waals surface area contributed by atoms with Crippen LogP contribution in [0.15, 0.2) is 11.1 Å². The number of hydrogen-bond donors (Lipinski definition) is 5. The number of nitrogens with two attached hydrogens (primary N) is 1. The Labute approximate surface area is 118 Å². The Morgan fingerprint density at radius 1 is 1.52 bits per heavy atom. The van der Waals surface area contributed by atoms with Crippen molar-refractivity contribution in [3.8, 4) is 0 Å². The molecule has 114 valence electrons. The summed E-state index contributed by atoms with van der Waals surface area (Å²) >= 11 is 0. The molecule has 10 heteroatoms. The van der Waals surface area contributed by atoms with Crippen molar-refractivity contribution in [2.75, 3.05) is 12.3 Å². The maximum atomic E-state index is 11.9. The number of ether oxygens (including phenoxy) is 1. The number of nitrogen functional groups attached to an aromatic ring is 1. The van der Waals surface area contributed by atoms with E-state index in [1.165, 1.54) is 15.5 Å². The third-order valence-corrected chi connectivity index (χ3v) is 3.58. The van der Waals surface area contributed by atoms with E-state index in [1.54, 1.807) is 7.05 Å². The second kappa shape index (κ2) is 4.77. The molecule has 1 aliphatic rings. The summed E-state index contributed by atoms with van der Waals surface area (Å²) in [5.74, 6) is -0.0702. The summed E-state index contributed by atoms with van der Waals surface area (Å²) in [6, 6.07) is 0. The fourth-order valence-electron chi connectivity index (χ4n) is 2.57. The van der Waals surface area contributed by atoms with Gasteiger partial charge < -0.3 is 25.8 Å². The van der Waals surface area contributed by atoms with Crippen LogP contribution in [-0.4, -0.2) is 54.8 Å². The Bertz CT molecular complexity index is 740. The maximum Gasteiger partial charge on any atom is 0.313 e. The highest BCUT2D eigenvalue weighted by atomic mass is 16.6. The van der Waals surface area contributed by atoms with Crippen LogP contribution in [0.25, 0.3) is 11.2 Å². The average molecular weight is 298 g/mol. The van der Waals surface area contributed by atoms with E-state index in [-0.39, 0.29) is 17.1 Å². The fourth-order valence-corrected chi connectivity index (χ4v) is 2.57. The first kappa shape index (κ1) is 13.9. The molecule has 0 amide bonds. The minimum atomic E-state index is -1.26. The van der Waals surface area contributed by atoms with Crippen molar-refractivity contribution in [3.63, 3.8) is 0 Å². The smallest absolute Gasteiger partial charge is 0.313 e. The molecule has 1 saturated heterocycles. The van der Waals surface area contributed by atoms with Gasteiger partial charge in [-0.25, -0.2) is 4.57 Å². The number of rotatable bonds is 2. The standard InChI is InChI=1S/C11H15N5O5/c1-15-3-16(8-5(15)9(20)14-11(12)13-8)10-7(19)6(18)4(2-17)21-10/h3-4,6-7,10,17-19H,2H2,1H3,(H2-,12,13,14,20)/p+1/t4-,6-,7-,10?/m1/s1. The second-order valence-corrected chi connectivity index (χ2v) is 4.99. The van der Waals surface area contributed by atoms with E-state index in [0.717, 1.165) is 0 Å². The summed E-state index contributed by atoms with van der Waals surface area (Å²) in [5, 5.41) is 29.0. The second-order valence-electron chi connectivity index (χ2n) is 4.99. The van der Waals surface area contributed by atoms with Crippen LogP contribution in [0.4, 0.5) is 5.95 Å². The van der Waals surface area contributed by atoms with Crippen molar-refractivity contribution < 1.29 is 24.6 Å². The molecule has 1 fully saturated rings. The number of anilines is 1. The van der Waals surface area contributed by atoms with E-state index in [4.69, 9.17) is 15.6 Å². The van der Waals surface area contributed by atoms with Gasteiger partial charge in [0, 0.05) is 0 Å². The number of imidazole rings is 1. The molecule has 2 aromatic rings. The van der Waals surface area contributed by atoms with Gasteiger partial charge in [0.05, 0.1) is 13.7 Å². The van der Waals surface area contributed by atoms with E-state index in [1.807, 2.05) is 0 Å². The summed E-state index contributed by atoms with van der Waals surface area (Å²) in [4.78, 5) is 18.3. The molecule has 10 nitrogen and oxygen atoms in total. The number of aromatic nitrogens is 4. The van der Waals surface area contributed by atoms with Gasteiger partial charge in [0.15, 0.2) is 6.33 Å². The number of nitrogens with one attached hydrogen (secondary N) is 1. The number of fused-ring (bicyclic) bond motifs is 1. The van der Waals surface area contributed by atoms with Crippen molar-refractivity contribution in [1.82, 2.24) is 14.5 Å². The third kappa shape index (κ3) is 2.00. The highest BCUT2D eigenvalue weighted by molar-refractivity contribution is 5.67. The van der Waals surface area contributed by atoms with Gasteiger partial charge in [0.2, 0.25) is 11.7 Å². The van der Waals surface area contributed by atoms with Gasteiger partial charge in [-0.15, -0.1) is 0 Å². The van der Waals surface area contributed by atoms with Gasteiger partial charge in [-0.3, -0.25) is 14.3 Å². The van der Waals surface area contributed by atoms with Gasteiger partial charge in [0.25, 0.3) is 11.5 Å². The van der Waals surface area contributed by atoms with Crippen LogP contribution in [0.1, 0.15) is 6.23 Å². The maximum absolute atomic E-state index is 11.9. The zero-order valence-electron chi connectivity index (χ0n) is 11.2. The molecule has 0 saturated carbocycles. The Morgan fingerprint density at radius 3 is 2.86 bits per heavy atom. The largest absolute Gasteiger partial charge is 0.394 e. The molecule has 21 heavy (non-hydrogen) atoms. The molecular weight excluding hydrogens is 282 g/mol. The Morgan fingerprint density at radius 2 is 2.24 bits per heavy atom. The lowest BCUT2D eigenvalue weighted by Gasteiger charge is -2.11. The SMILES string of the molecule is Cn1c[n+](C2O[C@H](CO)[C@@H](O)[C@H]2O)c2nc(N)[nH]c(=O)c21. The van der Waals surface area contributed by atoms with Crippen LogP contribution in [0.3, 0.4) is 0 Å². The molecule has 0 aromatic carbocycles. The van der Waals surface area contributed by atoms with Crippen LogP contribution in [0.2, 0.25) is 0 Å². The molecule has 0 bridgehead atoms. The molecule has 1 aliphatic heterocycles. The summed E-state index contributed by atoms with van der Waals surface area (Å²) in [7, 11) is 1.63. The lowest BCUT2D eigenvalue weighted by molar-refractivity contribution is -0.745. The summed E-state index contributed by atoms with van der Waals surface area (Å²) in [5.41, 5.74) is 5.58. The molecule has 0 spiro atoms. The van der Waals surface area contributed by atoms with Crippen molar-refractivity contribution >= 4 is 17.1 Å². The lowest BCUT2D eigenvalue weighted by Crippen LogP contribution is -2.46. The predicted octanol–water partition coefficient (Wildman–Crippen LogP) is -3.26. The third-order valence-electron chi connectivity index (χ3n) is 3.58. The van der Waals surface area contributed by atoms with E-state index in [9.17, 15) is 15.0 Å². The molecule has 6 N–H and O–H groups in total. The number of hydrogen-bond acceptors (Lipinski definition) is 7. The number of H-pyrrole nitrogens is 1. The summed E-state index contributed by atoms with van der Waals surface area (Å²) in [6.45, 7) is -0.434. The zero-order valence-corrected chi connectivity index (χ0v) is 11.2. The molecule has 4 atom stereocenters. The molecule has 3 rings (SSSR count).